The van der Waals surface area contributed by atoms with Gasteiger partial charge in [-0.2, -0.15) is 0 Å². The van der Waals surface area contributed by atoms with Crippen LogP contribution in [0, 0.1) is 0 Å². The first-order valence-corrected chi connectivity index (χ1v) is 7.40. The molecule has 3 N–H and O–H groups in total. The molecular weight excluding hydrogens is 296 g/mol. The Morgan fingerprint density at radius 1 is 1.35 bits per heavy atom. The zero-order valence-corrected chi connectivity index (χ0v) is 12.1. The summed E-state index contributed by atoms with van der Waals surface area (Å²) < 4.78 is 6.22. The molecule has 1 aromatic heterocycles. The molecule has 2 heterocycles. The van der Waals surface area contributed by atoms with Crippen molar-refractivity contribution in [1.29, 1.82) is 0 Å². The summed E-state index contributed by atoms with van der Waals surface area (Å²) in [5.74, 6) is 0.468. The fourth-order valence-electron chi connectivity index (χ4n) is 2.12. The van der Waals surface area contributed by atoms with E-state index < -0.39 is 0 Å². The Kier molecular flexibility index (Phi) is 3.65. The average Bonchev–Trinajstić information content (AvgIpc) is 2.80. The Hall–Kier alpha value is -1.56. The van der Waals surface area contributed by atoms with E-state index in [-0.39, 0.29) is 11.9 Å². The maximum Gasteiger partial charge on any atom is 0.255 e. The van der Waals surface area contributed by atoms with Crippen LogP contribution in [0.3, 0.4) is 0 Å². The van der Waals surface area contributed by atoms with Gasteiger partial charge >= 0.3 is 0 Å². The second-order valence-corrected chi connectivity index (χ2v) is 6.23. The van der Waals surface area contributed by atoms with Gasteiger partial charge in [-0.05, 0) is 29.8 Å². The monoisotopic (exact) mass is 308 g/mol. The number of ether oxygens (including phenoxy) is 1. The second kappa shape index (κ2) is 5.44. The molecule has 4 nitrogen and oxygen atoms in total. The molecule has 1 atom stereocenters. The van der Waals surface area contributed by atoms with Crippen molar-refractivity contribution in [3.63, 3.8) is 0 Å². The van der Waals surface area contributed by atoms with Crippen LogP contribution in [0.4, 0.5) is 0 Å². The molecule has 1 amide bonds. The smallest absolute Gasteiger partial charge is 0.255 e. The molecule has 3 rings (SSSR count). The van der Waals surface area contributed by atoms with Crippen LogP contribution in [0.25, 0.3) is 0 Å². The summed E-state index contributed by atoms with van der Waals surface area (Å²) in [5, 5.41) is 2.79. The predicted octanol–water partition coefficient (Wildman–Crippen LogP) is 2.57. The molecule has 0 saturated carbocycles. The molecule has 0 aliphatic carbocycles. The highest BCUT2D eigenvalue weighted by molar-refractivity contribution is 7.16. The van der Waals surface area contributed by atoms with Crippen molar-refractivity contribution in [3.05, 3.63) is 50.7 Å². The number of halogens is 1. The van der Waals surface area contributed by atoms with Gasteiger partial charge in [0.1, 0.15) is 12.4 Å². The van der Waals surface area contributed by atoms with E-state index in [0.29, 0.717) is 28.8 Å². The number of hydrogen-bond donors (Lipinski definition) is 2. The molecule has 0 bridgehead atoms. The SMILES string of the molecule is NC(c1ccc2c(c1)C(=O)NCCO2)c1ccc(Cl)s1. The first-order chi connectivity index (χ1) is 9.65. The number of nitrogens with one attached hydrogen (secondary N) is 1. The number of hydrogen-bond acceptors (Lipinski definition) is 4. The molecule has 1 unspecified atom stereocenters. The molecule has 0 fully saturated rings. The van der Waals surface area contributed by atoms with E-state index in [1.54, 1.807) is 12.1 Å². The highest BCUT2D eigenvalue weighted by Crippen LogP contribution is 2.31. The zero-order chi connectivity index (χ0) is 14.1. The lowest BCUT2D eigenvalue weighted by Gasteiger charge is -2.13. The summed E-state index contributed by atoms with van der Waals surface area (Å²) in [6, 6.07) is 8.89. The number of carbonyl (C=O) groups excluding carboxylic acids is 1. The van der Waals surface area contributed by atoms with Crippen LogP contribution in [0.15, 0.2) is 30.3 Å². The van der Waals surface area contributed by atoms with Crippen LogP contribution in [0.5, 0.6) is 5.75 Å². The van der Waals surface area contributed by atoms with Gasteiger partial charge < -0.3 is 15.8 Å². The number of thiophene rings is 1. The second-order valence-electron chi connectivity index (χ2n) is 4.48. The maximum absolute atomic E-state index is 12.0. The molecule has 1 aliphatic heterocycles. The van der Waals surface area contributed by atoms with Crippen molar-refractivity contribution >= 4 is 28.8 Å². The Labute approximate surface area is 125 Å². The average molecular weight is 309 g/mol. The molecular formula is C14H13ClN2O2S. The summed E-state index contributed by atoms with van der Waals surface area (Å²) in [6.45, 7) is 0.986. The Balaban J connectivity index is 1.97. The molecule has 2 aromatic rings. The predicted molar refractivity (Wildman–Crippen MR) is 79.6 cm³/mol. The lowest BCUT2D eigenvalue weighted by atomic mass is 10.0. The molecule has 0 spiro atoms. The third kappa shape index (κ3) is 2.52. The van der Waals surface area contributed by atoms with Crippen molar-refractivity contribution in [3.8, 4) is 5.75 Å². The van der Waals surface area contributed by atoms with E-state index in [9.17, 15) is 4.79 Å². The summed E-state index contributed by atoms with van der Waals surface area (Å²) in [5.41, 5.74) is 7.62. The van der Waals surface area contributed by atoms with Crippen molar-refractivity contribution in [1.82, 2.24) is 5.32 Å². The lowest BCUT2D eigenvalue weighted by molar-refractivity contribution is 0.0957. The maximum atomic E-state index is 12.0. The molecule has 1 aliphatic rings. The van der Waals surface area contributed by atoms with Gasteiger partial charge in [0.25, 0.3) is 5.91 Å². The highest BCUT2D eigenvalue weighted by Gasteiger charge is 2.19. The van der Waals surface area contributed by atoms with Crippen LogP contribution < -0.4 is 15.8 Å². The molecule has 0 saturated heterocycles. The van der Waals surface area contributed by atoms with E-state index in [4.69, 9.17) is 22.1 Å². The quantitative estimate of drug-likeness (QED) is 0.896. The van der Waals surface area contributed by atoms with Gasteiger partial charge in [-0.3, -0.25) is 4.79 Å². The van der Waals surface area contributed by atoms with Crippen LogP contribution in [0.2, 0.25) is 4.34 Å². The van der Waals surface area contributed by atoms with Crippen molar-refractivity contribution in [2.24, 2.45) is 5.73 Å². The fourth-order valence-corrected chi connectivity index (χ4v) is 3.22. The Morgan fingerprint density at radius 2 is 2.20 bits per heavy atom. The topological polar surface area (TPSA) is 64.4 Å². The third-order valence-corrected chi connectivity index (χ3v) is 4.47. The number of nitrogens with two attached hydrogens (primary N) is 1. The summed E-state index contributed by atoms with van der Waals surface area (Å²) in [6.07, 6.45) is 0. The van der Waals surface area contributed by atoms with E-state index in [2.05, 4.69) is 5.32 Å². The van der Waals surface area contributed by atoms with Gasteiger partial charge in [-0.1, -0.05) is 17.7 Å². The third-order valence-electron chi connectivity index (χ3n) is 3.15. The normalized spacial score (nSPS) is 15.8. The minimum absolute atomic E-state index is 0.129. The minimum atomic E-state index is -0.297. The summed E-state index contributed by atoms with van der Waals surface area (Å²) in [4.78, 5) is 12.9. The largest absolute Gasteiger partial charge is 0.491 e. The van der Waals surface area contributed by atoms with Crippen molar-refractivity contribution < 1.29 is 9.53 Å². The number of fused-ring (bicyclic) bond motifs is 1. The highest BCUT2D eigenvalue weighted by atomic mass is 35.5. The molecule has 6 heteroatoms. The van der Waals surface area contributed by atoms with E-state index in [1.165, 1.54) is 11.3 Å². The Bertz CT molecular complexity index is 656. The van der Waals surface area contributed by atoms with Gasteiger partial charge in [-0.25, -0.2) is 0 Å². The number of benzene rings is 1. The molecule has 104 valence electrons. The minimum Gasteiger partial charge on any atom is -0.491 e. The first-order valence-electron chi connectivity index (χ1n) is 6.21. The van der Waals surface area contributed by atoms with Gasteiger partial charge in [-0.15, -0.1) is 11.3 Å². The van der Waals surface area contributed by atoms with Crippen LogP contribution >= 0.6 is 22.9 Å². The lowest BCUT2D eigenvalue weighted by Crippen LogP contribution is -2.24. The van der Waals surface area contributed by atoms with E-state index in [1.807, 2.05) is 18.2 Å². The number of rotatable bonds is 2. The van der Waals surface area contributed by atoms with Gasteiger partial charge in [0.2, 0.25) is 0 Å². The van der Waals surface area contributed by atoms with Gasteiger partial charge in [0.05, 0.1) is 22.5 Å². The standard InChI is InChI=1S/C14H13ClN2O2S/c15-12-4-3-11(20-12)13(16)8-1-2-10-9(7-8)14(18)17-5-6-19-10/h1-4,7,13H,5-6,16H2,(H,17,18). The summed E-state index contributed by atoms with van der Waals surface area (Å²) in [7, 11) is 0. The van der Waals surface area contributed by atoms with Crippen LogP contribution in [0.1, 0.15) is 26.8 Å². The van der Waals surface area contributed by atoms with Crippen LogP contribution in [-0.4, -0.2) is 19.1 Å². The van der Waals surface area contributed by atoms with E-state index in [0.717, 1.165) is 10.4 Å². The van der Waals surface area contributed by atoms with Gasteiger partial charge in [0.15, 0.2) is 0 Å². The number of amides is 1. The van der Waals surface area contributed by atoms with Crippen molar-refractivity contribution in [2.75, 3.05) is 13.2 Å². The van der Waals surface area contributed by atoms with Crippen molar-refractivity contribution in [2.45, 2.75) is 6.04 Å². The molecule has 0 radical (unpaired) electrons. The summed E-state index contributed by atoms with van der Waals surface area (Å²) >= 11 is 7.37. The zero-order valence-electron chi connectivity index (χ0n) is 10.6. The van der Waals surface area contributed by atoms with Crippen LogP contribution in [-0.2, 0) is 0 Å². The van der Waals surface area contributed by atoms with Gasteiger partial charge in [0, 0.05) is 4.88 Å². The van der Waals surface area contributed by atoms with E-state index >= 15 is 0 Å². The Morgan fingerprint density at radius 3 is 2.95 bits per heavy atom. The molecule has 1 aromatic carbocycles. The fraction of sp³-hybridized carbons (Fsp3) is 0.214. The number of carbonyl (C=O) groups is 1. The molecule has 20 heavy (non-hydrogen) atoms. The first kappa shape index (κ1) is 13.4.